The molecule has 0 radical (unpaired) electrons. The maximum Gasteiger partial charge on any atom is 0.309 e. The summed E-state index contributed by atoms with van der Waals surface area (Å²) >= 11 is 0. The third kappa shape index (κ3) is 4.89. The lowest BCUT2D eigenvalue weighted by molar-refractivity contribution is -0.144. The summed E-state index contributed by atoms with van der Waals surface area (Å²) in [6, 6.07) is 0. The number of likely N-dealkylation sites (tertiary alicyclic amines) is 1. The van der Waals surface area contributed by atoms with Crippen LogP contribution in [0.4, 0.5) is 0 Å². The van der Waals surface area contributed by atoms with E-state index in [4.69, 9.17) is 0 Å². The zero-order valence-electron chi connectivity index (χ0n) is 12.6. The van der Waals surface area contributed by atoms with E-state index in [2.05, 4.69) is 4.74 Å². The smallest absolute Gasteiger partial charge is 0.309 e. The Labute approximate surface area is 123 Å². The van der Waals surface area contributed by atoms with Gasteiger partial charge in [-0.25, -0.2) is 0 Å². The fourth-order valence-corrected chi connectivity index (χ4v) is 3.61. The summed E-state index contributed by atoms with van der Waals surface area (Å²) < 4.78 is 16.8. The average molecular weight is 303 g/mol. The van der Waals surface area contributed by atoms with Crippen LogP contribution in [0, 0.1) is 5.92 Å². The van der Waals surface area contributed by atoms with E-state index in [1.54, 1.807) is 13.8 Å². The molecule has 0 aliphatic carbocycles. The first-order chi connectivity index (χ1) is 9.47. The lowest BCUT2D eigenvalue weighted by Gasteiger charge is -2.24. The molecular formula is C14H25NO4S. The molecule has 0 aromatic heterocycles. The molecule has 1 amide bonds. The van der Waals surface area contributed by atoms with Crippen molar-refractivity contribution in [3.8, 4) is 0 Å². The Morgan fingerprint density at radius 1 is 1.15 bits per heavy atom. The van der Waals surface area contributed by atoms with E-state index in [-0.39, 0.29) is 17.6 Å². The van der Waals surface area contributed by atoms with Gasteiger partial charge in [0.05, 0.1) is 13.0 Å². The monoisotopic (exact) mass is 303 g/mol. The zero-order chi connectivity index (χ0) is 15.1. The van der Waals surface area contributed by atoms with Gasteiger partial charge in [0.1, 0.15) is 5.25 Å². The molecule has 1 aliphatic heterocycles. The number of rotatable bonds is 5. The molecule has 1 aliphatic rings. The van der Waals surface area contributed by atoms with Gasteiger partial charge in [0.2, 0.25) is 5.91 Å². The van der Waals surface area contributed by atoms with Crippen molar-refractivity contribution in [1.29, 1.82) is 0 Å². The van der Waals surface area contributed by atoms with Crippen LogP contribution in [0.5, 0.6) is 0 Å². The van der Waals surface area contributed by atoms with E-state index in [1.165, 1.54) is 7.11 Å². The number of esters is 1. The second-order valence-electron chi connectivity index (χ2n) is 5.35. The van der Waals surface area contributed by atoms with Gasteiger partial charge < -0.3 is 9.64 Å². The number of amides is 1. The van der Waals surface area contributed by atoms with Gasteiger partial charge >= 0.3 is 5.97 Å². The zero-order valence-corrected chi connectivity index (χ0v) is 13.4. The quantitative estimate of drug-likeness (QED) is 0.719. The van der Waals surface area contributed by atoms with Crippen LogP contribution >= 0.6 is 0 Å². The number of methoxy groups -OCH3 is 1. The molecule has 1 fully saturated rings. The van der Waals surface area contributed by atoms with Gasteiger partial charge in [-0.05, 0) is 19.8 Å². The van der Waals surface area contributed by atoms with Crippen LogP contribution in [-0.2, 0) is 25.1 Å². The van der Waals surface area contributed by atoms with Crippen LogP contribution in [0.25, 0.3) is 0 Å². The first-order valence-corrected chi connectivity index (χ1v) is 8.59. The molecule has 116 valence electrons. The summed E-state index contributed by atoms with van der Waals surface area (Å²) in [7, 11) is -0.0335. The molecule has 1 rings (SSSR count). The highest BCUT2D eigenvalue weighted by Gasteiger charge is 2.28. The van der Waals surface area contributed by atoms with Gasteiger partial charge in [-0.2, -0.15) is 0 Å². The summed E-state index contributed by atoms with van der Waals surface area (Å²) in [5, 5.41) is -0.555. The minimum Gasteiger partial charge on any atom is -0.469 e. The van der Waals surface area contributed by atoms with Crippen molar-refractivity contribution in [2.45, 2.75) is 44.8 Å². The molecule has 20 heavy (non-hydrogen) atoms. The average Bonchev–Trinajstić information content (AvgIpc) is 2.73. The molecule has 0 N–H and O–H groups in total. The van der Waals surface area contributed by atoms with Crippen molar-refractivity contribution >= 4 is 22.7 Å². The van der Waals surface area contributed by atoms with E-state index in [0.29, 0.717) is 0 Å². The number of hydrogen-bond donors (Lipinski definition) is 0. The number of ether oxygens (including phenoxy) is 1. The van der Waals surface area contributed by atoms with Gasteiger partial charge in [-0.3, -0.25) is 13.8 Å². The largest absolute Gasteiger partial charge is 0.469 e. The molecule has 1 heterocycles. The predicted molar refractivity (Wildman–Crippen MR) is 78.7 cm³/mol. The SMILES string of the molecule is COC(=O)C(C)CS(=O)C(C)C(=O)N1CCCCCC1. The van der Waals surface area contributed by atoms with E-state index in [1.807, 2.05) is 4.90 Å². The summed E-state index contributed by atoms with van der Waals surface area (Å²) in [6.45, 7) is 4.88. The van der Waals surface area contributed by atoms with Crippen LogP contribution in [0.15, 0.2) is 0 Å². The molecule has 6 heteroatoms. The lowest BCUT2D eigenvalue weighted by Crippen LogP contribution is -2.41. The molecule has 3 atom stereocenters. The van der Waals surface area contributed by atoms with Gasteiger partial charge in [-0.1, -0.05) is 19.8 Å². The fourth-order valence-electron chi connectivity index (χ4n) is 2.32. The number of hydrogen-bond acceptors (Lipinski definition) is 4. The highest BCUT2D eigenvalue weighted by Crippen LogP contribution is 2.13. The summed E-state index contributed by atoms with van der Waals surface area (Å²) in [5.74, 6) is -0.705. The van der Waals surface area contributed by atoms with E-state index in [0.717, 1.165) is 38.8 Å². The molecule has 5 nitrogen and oxygen atoms in total. The predicted octanol–water partition coefficient (Wildman–Crippen LogP) is 1.34. The van der Waals surface area contributed by atoms with Gasteiger partial charge in [0.25, 0.3) is 0 Å². The van der Waals surface area contributed by atoms with Crippen molar-refractivity contribution in [3.05, 3.63) is 0 Å². The molecular weight excluding hydrogens is 278 g/mol. The fraction of sp³-hybridized carbons (Fsp3) is 0.857. The van der Waals surface area contributed by atoms with Crippen LogP contribution in [0.2, 0.25) is 0 Å². The third-order valence-electron chi connectivity index (χ3n) is 3.68. The summed E-state index contributed by atoms with van der Waals surface area (Å²) in [4.78, 5) is 25.5. The standard InChI is InChI=1S/C14H25NO4S/c1-11(14(17)19-3)10-20(18)12(2)13(16)15-8-6-4-5-7-9-15/h11-12H,4-10H2,1-3H3. The van der Waals surface area contributed by atoms with Crippen molar-refractivity contribution in [1.82, 2.24) is 4.90 Å². The van der Waals surface area contributed by atoms with E-state index in [9.17, 15) is 13.8 Å². The van der Waals surface area contributed by atoms with E-state index < -0.39 is 22.0 Å². The Morgan fingerprint density at radius 2 is 1.70 bits per heavy atom. The second-order valence-corrected chi connectivity index (χ2v) is 7.16. The van der Waals surface area contributed by atoms with Crippen LogP contribution in [-0.4, -0.2) is 52.2 Å². The number of carbonyl (C=O) groups is 2. The summed E-state index contributed by atoms with van der Waals surface area (Å²) in [6.07, 6.45) is 4.34. The Bertz CT molecular complexity index is 364. The highest BCUT2D eigenvalue weighted by molar-refractivity contribution is 7.86. The van der Waals surface area contributed by atoms with Crippen LogP contribution in [0.3, 0.4) is 0 Å². The minimum absolute atomic E-state index is 0.0534. The topological polar surface area (TPSA) is 63.7 Å². The normalized spacial score (nSPS) is 20.6. The molecule has 0 aromatic rings. The Balaban J connectivity index is 2.54. The van der Waals surface area contributed by atoms with E-state index >= 15 is 0 Å². The first-order valence-electron chi connectivity index (χ1n) is 7.21. The maximum absolute atomic E-state index is 12.3. The van der Waals surface area contributed by atoms with Gasteiger partial charge in [0.15, 0.2) is 0 Å². The van der Waals surface area contributed by atoms with Crippen LogP contribution < -0.4 is 0 Å². The second kappa shape index (κ2) is 8.39. The minimum atomic E-state index is -1.35. The molecule has 1 saturated heterocycles. The molecule has 0 bridgehead atoms. The maximum atomic E-state index is 12.3. The molecule has 0 saturated carbocycles. The van der Waals surface area contributed by atoms with Crippen molar-refractivity contribution < 1.29 is 18.5 Å². The molecule has 0 spiro atoms. The van der Waals surface area contributed by atoms with Gasteiger partial charge in [-0.15, -0.1) is 0 Å². The van der Waals surface area contributed by atoms with Crippen LogP contribution in [0.1, 0.15) is 39.5 Å². The van der Waals surface area contributed by atoms with Crippen molar-refractivity contribution in [2.24, 2.45) is 5.92 Å². The lowest BCUT2D eigenvalue weighted by atomic mass is 10.2. The molecule has 3 unspecified atom stereocenters. The number of nitrogens with zero attached hydrogens (tertiary/aromatic N) is 1. The first kappa shape index (κ1) is 17.1. The number of carbonyl (C=O) groups excluding carboxylic acids is 2. The van der Waals surface area contributed by atoms with Gasteiger partial charge in [0, 0.05) is 29.6 Å². The molecule has 0 aromatic carbocycles. The third-order valence-corrected chi connectivity index (χ3v) is 5.50. The highest BCUT2D eigenvalue weighted by atomic mass is 32.2. The Hall–Kier alpha value is -0.910. The van der Waals surface area contributed by atoms with Crippen molar-refractivity contribution in [3.63, 3.8) is 0 Å². The summed E-state index contributed by atoms with van der Waals surface area (Å²) in [5.41, 5.74) is 0. The van der Waals surface area contributed by atoms with Crippen molar-refractivity contribution in [2.75, 3.05) is 26.0 Å². The Kier molecular flexibility index (Phi) is 7.19. The Morgan fingerprint density at radius 3 is 2.20 bits per heavy atom.